The molecule has 4 N–H and O–H groups in total. The Balaban J connectivity index is 1.55. The van der Waals surface area contributed by atoms with E-state index in [9.17, 15) is 32.4 Å². The van der Waals surface area contributed by atoms with Crippen LogP contribution < -0.4 is 21.3 Å². The zero-order chi connectivity index (χ0) is 38.4. The minimum absolute atomic E-state index is 0.0128. The number of likely N-dealkylation sites (N-methyl/N-ethyl adjacent to an activating group) is 1. The van der Waals surface area contributed by atoms with E-state index in [4.69, 9.17) is 0 Å². The lowest BCUT2D eigenvalue weighted by atomic mass is 9.86. The van der Waals surface area contributed by atoms with Crippen LogP contribution in [0.4, 0.5) is 4.79 Å². The molecule has 2 saturated heterocycles. The van der Waals surface area contributed by atoms with Crippen molar-refractivity contribution in [2.24, 2.45) is 22.7 Å². The van der Waals surface area contributed by atoms with Crippen LogP contribution in [0.5, 0.6) is 0 Å². The van der Waals surface area contributed by atoms with Crippen molar-refractivity contribution in [3.05, 3.63) is 17.5 Å². The maximum atomic E-state index is 14.4. The highest BCUT2D eigenvalue weighted by atomic mass is 32.2. The number of hydrogen-bond donors (Lipinski definition) is 4. The number of sulfonamides is 1. The fraction of sp³-hybridized carbons (Fsp3) is 0.757. The van der Waals surface area contributed by atoms with Gasteiger partial charge in [0, 0.05) is 32.7 Å². The van der Waals surface area contributed by atoms with E-state index in [1.165, 1.54) is 11.4 Å². The Bertz CT molecular complexity index is 1540. The smallest absolute Gasteiger partial charge is 0.315 e. The van der Waals surface area contributed by atoms with Crippen LogP contribution in [0.2, 0.25) is 0 Å². The van der Waals surface area contributed by atoms with Gasteiger partial charge in [-0.3, -0.25) is 19.2 Å². The van der Waals surface area contributed by atoms with E-state index in [-0.39, 0.29) is 33.9 Å². The first-order valence-electron chi connectivity index (χ1n) is 18.9. The lowest BCUT2D eigenvalue weighted by Gasteiger charge is -2.36. The summed E-state index contributed by atoms with van der Waals surface area (Å²) in [6, 6.07) is -0.737. The minimum Gasteiger partial charge on any atom is -0.349 e. The molecule has 1 aliphatic carbocycles. The van der Waals surface area contributed by atoms with Crippen LogP contribution in [0.3, 0.4) is 0 Å². The quantitative estimate of drug-likeness (QED) is 0.260. The summed E-state index contributed by atoms with van der Waals surface area (Å²) >= 11 is 1.13. The third-order valence-electron chi connectivity index (χ3n) is 11.2. The number of hydrogen-bond acceptors (Lipinski definition) is 8. The molecule has 3 fully saturated rings. The van der Waals surface area contributed by atoms with Crippen molar-refractivity contribution in [3.63, 3.8) is 0 Å². The van der Waals surface area contributed by atoms with Gasteiger partial charge in [-0.1, -0.05) is 92.6 Å². The number of urea groups is 1. The first-order valence-corrected chi connectivity index (χ1v) is 21.2. The van der Waals surface area contributed by atoms with Gasteiger partial charge in [0.15, 0.2) is 0 Å². The molecule has 5 amide bonds. The molecule has 1 saturated carbocycles. The molecule has 0 bridgehead atoms. The molecule has 4 rings (SSSR count). The van der Waals surface area contributed by atoms with Crippen molar-refractivity contribution >= 4 is 50.9 Å². The fourth-order valence-electron chi connectivity index (χ4n) is 7.67. The van der Waals surface area contributed by atoms with Crippen molar-refractivity contribution in [2.75, 3.05) is 26.7 Å². The Morgan fingerprint density at radius 3 is 2.29 bits per heavy atom. The van der Waals surface area contributed by atoms with Crippen molar-refractivity contribution in [1.82, 2.24) is 30.5 Å². The summed E-state index contributed by atoms with van der Waals surface area (Å²) in [5.41, 5.74) is -0.721. The number of ketones is 1. The maximum Gasteiger partial charge on any atom is 0.315 e. The first-order chi connectivity index (χ1) is 24.4. The van der Waals surface area contributed by atoms with Crippen molar-refractivity contribution < 1.29 is 32.4 Å². The van der Waals surface area contributed by atoms with E-state index in [2.05, 4.69) is 35.1 Å². The predicted octanol–water partition coefficient (Wildman–Crippen LogP) is 4.04. The number of carbonyl (C=O) groups is 5. The van der Waals surface area contributed by atoms with E-state index in [0.29, 0.717) is 45.2 Å². The van der Waals surface area contributed by atoms with Gasteiger partial charge in [-0.2, -0.15) is 4.31 Å². The molecule has 3 aliphatic rings. The molecule has 292 valence electrons. The second kappa shape index (κ2) is 17.4. The van der Waals surface area contributed by atoms with Gasteiger partial charge in [-0.25, -0.2) is 13.2 Å². The standard InChI is InChI=1S/C37H60N6O7S2/c1-8-20-38-33(46)31(44)25-17-14-12-10-9-11-13-15-18-26(34(47)43-22-24-29(37(24,5)6)30(43)32(45)39-25)40-35(48)41-27(36(2,3)4)23-42(7)52(49,50)28-19-16-21-51-28/h16,19,21,24-27,29-30H,8-15,17-18,20,22-23H2,1-7H3,(H,38,46)(H,39,45)(H2,40,41,48)/t24-,25+,26+,27+,29-,30-/m0/s1. The Kier molecular flexibility index (Phi) is 14.0. The molecular formula is C37H60N6O7S2. The number of Topliss-reactive ketones (excluding diaryl/α,β-unsaturated/α-hetero) is 1. The highest BCUT2D eigenvalue weighted by molar-refractivity contribution is 7.91. The maximum absolute atomic E-state index is 14.4. The Labute approximate surface area is 313 Å². The summed E-state index contributed by atoms with van der Waals surface area (Å²) in [4.78, 5) is 69.8. The minimum atomic E-state index is -3.76. The molecule has 0 spiro atoms. The molecule has 15 heteroatoms. The van der Waals surface area contributed by atoms with E-state index in [1.807, 2.05) is 27.7 Å². The average molecular weight is 765 g/mol. The largest absolute Gasteiger partial charge is 0.349 e. The van der Waals surface area contributed by atoms with Gasteiger partial charge < -0.3 is 26.2 Å². The summed E-state index contributed by atoms with van der Waals surface area (Å²) in [5, 5.41) is 13.1. The van der Waals surface area contributed by atoms with Crippen LogP contribution in [-0.4, -0.2) is 98.0 Å². The number of nitrogens with one attached hydrogen (secondary N) is 4. The van der Waals surface area contributed by atoms with Crippen LogP contribution in [0, 0.1) is 22.7 Å². The molecule has 2 aliphatic heterocycles. The lowest BCUT2D eigenvalue weighted by Crippen LogP contribution is -2.60. The number of rotatable bonds is 10. The second-order valence-corrected chi connectivity index (χ2v) is 19.6. The van der Waals surface area contributed by atoms with Crippen molar-refractivity contribution in [3.8, 4) is 0 Å². The topological polar surface area (TPSA) is 174 Å². The summed E-state index contributed by atoms with van der Waals surface area (Å²) in [5.74, 6) is -2.25. The van der Waals surface area contributed by atoms with E-state index < -0.39 is 63.2 Å². The molecule has 6 atom stereocenters. The normalized spacial score (nSPS) is 26.5. The number of nitrogens with zero attached hydrogens (tertiary/aromatic N) is 2. The molecule has 3 heterocycles. The Morgan fingerprint density at radius 2 is 1.69 bits per heavy atom. The second-order valence-electron chi connectivity index (χ2n) is 16.4. The molecule has 13 nitrogen and oxygen atoms in total. The van der Waals surface area contributed by atoms with Gasteiger partial charge >= 0.3 is 6.03 Å². The molecular weight excluding hydrogens is 705 g/mol. The number of thiophene rings is 1. The predicted molar refractivity (Wildman–Crippen MR) is 201 cm³/mol. The van der Waals surface area contributed by atoms with Gasteiger partial charge in [-0.15, -0.1) is 11.3 Å². The van der Waals surface area contributed by atoms with Gasteiger partial charge in [-0.05, 0) is 53.4 Å². The van der Waals surface area contributed by atoms with E-state index >= 15 is 0 Å². The average Bonchev–Trinajstić information content (AvgIpc) is 3.53. The monoisotopic (exact) mass is 764 g/mol. The molecule has 0 radical (unpaired) electrons. The highest BCUT2D eigenvalue weighted by Gasteiger charge is 2.69. The zero-order valence-electron chi connectivity index (χ0n) is 32.0. The molecule has 52 heavy (non-hydrogen) atoms. The number of piperidine rings is 1. The highest BCUT2D eigenvalue weighted by Crippen LogP contribution is 2.65. The van der Waals surface area contributed by atoms with Crippen LogP contribution in [0.15, 0.2) is 21.7 Å². The van der Waals surface area contributed by atoms with Crippen LogP contribution in [0.1, 0.15) is 106 Å². The Morgan fingerprint density at radius 1 is 1.06 bits per heavy atom. The molecule has 1 aromatic heterocycles. The summed E-state index contributed by atoms with van der Waals surface area (Å²) in [7, 11) is -2.28. The SMILES string of the molecule is CCCNC(=O)C(=O)[C@H]1CCCCCCCCC[C@@H](NC(=O)N[C@H](CN(C)S(=O)(=O)c2cccs2)C(C)(C)C)C(=O)N2C[C@H]3[C@@H]([C@H]2C(=O)N1)C3(C)C. The Hall–Kier alpha value is -3.04. The van der Waals surface area contributed by atoms with Gasteiger partial charge in [0.05, 0.1) is 6.04 Å². The summed E-state index contributed by atoms with van der Waals surface area (Å²) < 4.78 is 27.8. The van der Waals surface area contributed by atoms with Crippen molar-refractivity contribution in [1.29, 1.82) is 0 Å². The van der Waals surface area contributed by atoms with Gasteiger partial charge in [0.2, 0.25) is 17.6 Å². The number of amides is 5. The third-order valence-corrected chi connectivity index (χ3v) is 14.4. The van der Waals surface area contributed by atoms with Gasteiger partial charge in [0.1, 0.15) is 16.3 Å². The third kappa shape index (κ3) is 9.93. The van der Waals surface area contributed by atoms with Gasteiger partial charge in [0.25, 0.3) is 15.9 Å². The number of carbonyl (C=O) groups excluding carboxylic acids is 5. The van der Waals surface area contributed by atoms with Crippen molar-refractivity contribution in [2.45, 2.75) is 134 Å². The zero-order valence-corrected chi connectivity index (χ0v) is 33.6. The molecule has 0 aromatic carbocycles. The summed E-state index contributed by atoms with van der Waals surface area (Å²) in [6.07, 6.45) is 7.37. The van der Waals surface area contributed by atoms with E-state index in [1.54, 1.807) is 22.4 Å². The summed E-state index contributed by atoms with van der Waals surface area (Å²) in [6.45, 7) is 12.5. The first kappa shape index (κ1) is 41.7. The van der Waals surface area contributed by atoms with Crippen LogP contribution >= 0.6 is 11.3 Å². The number of fused-ring (bicyclic) bond motifs is 3. The fourth-order valence-corrected chi connectivity index (χ4v) is 10.1. The van der Waals surface area contributed by atoms with Crippen LogP contribution in [0.25, 0.3) is 0 Å². The molecule has 1 aromatic rings. The van der Waals surface area contributed by atoms with Crippen LogP contribution in [-0.2, 0) is 29.2 Å². The molecule has 0 unspecified atom stereocenters. The lowest BCUT2D eigenvalue weighted by molar-refractivity contribution is -0.144. The van der Waals surface area contributed by atoms with E-state index in [0.717, 1.165) is 43.4 Å².